The molecule has 4 N–H and O–H groups in total. The number of hydrogen-bond donors (Lipinski definition) is 3. The number of likely N-dealkylation sites (tertiary alicyclic amines) is 1. The van der Waals surface area contributed by atoms with Gasteiger partial charge in [0.05, 0.1) is 16.6 Å². The van der Waals surface area contributed by atoms with Gasteiger partial charge >= 0.3 is 12.2 Å². The molecule has 224 valence electrons. The SMILES string of the molecule is Nc1ncnc2c1c(-c1ccc(NC(=O)Nc3ccc(CN4CCCCC45CC5)c(C(F)(F)F)c3)c(F)c1)cn2C1CC1. The van der Waals surface area contributed by atoms with E-state index in [9.17, 15) is 18.0 Å². The Morgan fingerprint density at radius 2 is 1.86 bits per heavy atom. The predicted molar refractivity (Wildman–Crippen MR) is 156 cm³/mol. The highest BCUT2D eigenvalue weighted by atomic mass is 19.4. The molecule has 3 fully saturated rings. The Bertz CT molecular complexity index is 1730. The molecule has 8 nitrogen and oxygen atoms in total. The summed E-state index contributed by atoms with van der Waals surface area (Å²) in [5.74, 6) is -0.425. The molecule has 3 heterocycles. The van der Waals surface area contributed by atoms with Gasteiger partial charge in [-0.25, -0.2) is 19.2 Å². The zero-order chi connectivity index (χ0) is 29.9. The summed E-state index contributed by atoms with van der Waals surface area (Å²) in [5.41, 5.74) is 7.32. The van der Waals surface area contributed by atoms with Crippen molar-refractivity contribution in [3.63, 3.8) is 0 Å². The van der Waals surface area contributed by atoms with Crippen LogP contribution in [0.5, 0.6) is 0 Å². The summed E-state index contributed by atoms with van der Waals surface area (Å²) in [6.07, 6.45) is 5.90. The van der Waals surface area contributed by atoms with E-state index in [2.05, 4.69) is 25.5 Å². The van der Waals surface area contributed by atoms with Gasteiger partial charge in [-0.2, -0.15) is 13.2 Å². The van der Waals surface area contributed by atoms with E-state index >= 15 is 4.39 Å². The van der Waals surface area contributed by atoms with E-state index in [-0.39, 0.29) is 34.8 Å². The van der Waals surface area contributed by atoms with Gasteiger partial charge in [-0.1, -0.05) is 18.6 Å². The molecule has 2 aromatic carbocycles. The van der Waals surface area contributed by atoms with Crippen LogP contribution in [0.1, 0.15) is 62.1 Å². The van der Waals surface area contributed by atoms with Crippen molar-refractivity contribution in [2.45, 2.75) is 69.2 Å². The Labute approximate surface area is 245 Å². The number of nitrogen functional groups attached to an aromatic ring is 1. The molecule has 4 aromatic rings. The van der Waals surface area contributed by atoms with Crippen LogP contribution in [-0.2, 0) is 12.7 Å². The molecule has 0 unspecified atom stereocenters. The highest BCUT2D eigenvalue weighted by molar-refractivity contribution is 6.02. The fourth-order valence-corrected chi connectivity index (χ4v) is 6.40. The second-order valence-corrected chi connectivity index (χ2v) is 11.9. The number of alkyl halides is 3. The van der Waals surface area contributed by atoms with E-state index in [0.717, 1.165) is 57.6 Å². The van der Waals surface area contributed by atoms with Crippen LogP contribution in [0, 0.1) is 5.82 Å². The van der Waals surface area contributed by atoms with Gasteiger partial charge in [0.15, 0.2) is 0 Å². The third kappa shape index (κ3) is 5.28. The van der Waals surface area contributed by atoms with Crippen LogP contribution in [0.15, 0.2) is 48.9 Å². The molecule has 0 atom stereocenters. The maximum absolute atomic E-state index is 15.2. The Balaban J connectivity index is 1.08. The zero-order valence-electron chi connectivity index (χ0n) is 23.3. The van der Waals surface area contributed by atoms with Gasteiger partial charge in [0.25, 0.3) is 0 Å². The summed E-state index contributed by atoms with van der Waals surface area (Å²) in [4.78, 5) is 23.4. The summed E-state index contributed by atoms with van der Waals surface area (Å²) in [6.45, 7) is 1.00. The van der Waals surface area contributed by atoms with Crippen LogP contribution in [0.3, 0.4) is 0 Å². The van der Waals surface area contributed by atoms with Crippen molar-refractivity contribution in [2.75, 3.05) is 22.9 Å². The average molecular weight is 594 g/mol. The smallest absolute Gasteiger partial charge is 0.383 e. The predicted octanol–water partition coefficient (Wildman–Crippen LogP) is 7.34. The standard InChI is InChI=1S/C31H31F4N7O/c32-24-13-18(22-16-42(21-6-7-21)28-26(22)27(36)37-17-38-28)4-8-25(24)40-29(43)39-20-5-3-19(23(14-20)31(33,34)35)15-41-12-2-1-9-30(41)10-11-30/h3-5,8,13-14,16-17,21H,1-2,6-7,9-12,15H2,(H2,36,37,38)(H2,39,40,43). The highest BCUT2D eigenvalue weighted by Gasteiger charge is 2.49. The minimum absolute atomic E-state index is 0.0336. The fraction of sp³-hybridized carbons (Fsp3) is 0.387. The number of rotatable bonds is 6. The second kappa shape index (κ2) is 10.2. The third-order valence-corrected chi connectivity index (χ3v) is 8.96. The van der Waals surface area contributed by atoms with Crippen LogP contribution in [0.4, 0.5) is 39.5 Å². The van der Waals surface area contributed by atoms with Crippen molar-refractivity contribution in [3.05, 3.63) is 65.9 Å². The Kier molecular flexibility index (Phi) is 6.57. The molecule has 43 heavy (non-hydrogen) atoms. The van der Waals surface area contributed by atoms with E-state index in [4.69, 9.17) is 5.73 Å². The van der Waals surface area contributed by atoms with Crippen LogP contribution in [0.25, 0.3) is 22.2 Å². The van der Waals surface area contributed by atoms with Crippen LogP contribution in [0.2, 0.25) is 0 Å². The molecule has 2 aromatic heterocycles. The number of nitrogens with zero attached hydrogens (tertiary/aromatic N) is 4. The summed E-state index contributed by atoms with van der Waals surface area (Å²) in [6, 6.07) is 7.59. The number of carbonyl (C=O) groups excluding carboxylic acids is 1. The van der Waals surface area contributed by atoms with Crippen molar-refractivity contribution in [3.8, 4) is 11.1 Å². The lowest BCUT2D eigenvalue weighted by Gasteiger charge is -2.36. The normalized spacial score (nSPS) is 18.2. The minimum atomic E-state index is -4.59. The minimum Gasteiger partial charge on any atom is -0.383 e. The number of piperidine rings is 1. The van der Waals surface area contributed by atoms with Crippen molar-refractivity contribution < 1.29 is 22.4 Å². The molecular weight excluding hydrogens is 562 g/mol. The summed E-state index contributed by atoms with van der Waals surface area (Å²) < 4.78 is 59.4. The first-order valence-electron chi connectivity index (χ1n) is 14.6. The molecule has 2 amide bonds. The number of fused-ring (bicyclic) bond motifs is 1. The molecule has 12 heteroatoms. The number of amides is 2. The second-order valence-electron chi connectivity index (χ2n) is 11.9. The number of halogens is 4. The van der Waals surface area contributed by atoms with E-state index in [1.807, 2.05) is 10.8 Å². The molecule has 1 aliphatic heterocycles. The Morgan fingerprint density at radius 1 is 1.05 bits per heavy atom. The number of urea groups is 1. The van der Waals surface area contributed by atoms with E-state index in [1.165, 1.54) is 30.6 Å². The molecular formula is C31H31F4N7O. The maximum Gasteiger partial charge on any atom is 0.416 e. The van der Waals surface area contributed by atoms with E-state index < -0.39 is 23.6 Å². The molecule has 0 bridgehead atoms. The van der Waals surface area contributed by atoms with Crippen LogP contribution >= 0.6 is 0 Å². The molecule has 1 spiro atoms. The largest absolute Gasteiger partial charge is 0.416 e. The average Bonchev–Trinajstić information content (AvgIpc) is 3.90. The lowest BCUT2D eigenvalue weighted by atomic mass is 9.97. The van der Waals surface area contributed by atoms with Gasteiger partial charge in [0.2, 0.25) is 0 Å². The first-order valence-corrected chi connectivity index (χ1v) is 14.6. The topological polar surface area (TPSA) is 101 Å². The van der Waals surface area contributed by atoms with Crippen molar-refractivity contribution in [1.29, 1.82) is 0 Å². The Hall–Kier alpha value is -4.19. The number of anilines is 3. The van der Waals surface area contributed by atoms with Crippen molar-refractivity contribution >= 4 is 34.3 Å². The molecule has 2 aliphatic carbocycles. The summed E-state index contributed by atoms with van der Waals surface area (Å²) in [7, 11) is 0. The zero-order valence-corrected chi connectivity index (χ0v) is 23.3. The fourth-order valence-electron chi connectivity index (χ4n) is 6.40. The number of nitrogens with two attached hydrogens (primary N) is 1. The van der Waals surface area contributed by atoms with Gasteiger partial charge in [0.1, 0.15) is 23.6 Å². The summed E-state index contributed by atoms with van der Waals surface area (Å²) >= 11 is 0. The number of benzene rings is 2. The number of hydrogen-bond acceptors (Lipinski definition) is 5. The van der Waals surface area contributed by atoms with Gasteiger partial charge in [-0.3, -0.25) is 4.90 Å². The maximum atomic E-state index is 15.2. The van der Waals surface area contributed by atoms with Crippen LogP contribution in [-0.4, -0.2) is 37.5 Å². The third-order valence-electron chi connectivity index (χ3n) is 8.96. The highest BCUT2D eigenvalue weighted by Crippen LogP contribution is 2.49. The lowest BCUT2D eigenvalue weighted by Crippen LogP contribution is -2.41. The van der Waals surface area contributed by atoms with E-state index in [0.29, 0.717) is 28.2 Å². The van der Waals surface area contributed by atoms with Crippen molar-refractivity contribution in [2.24, 2.45) is 0 Å². The molecule has 7 rings (SSSR count). The van der Waals surface area contributed by atoms with Gasteiger partial charge < -0.3 is 20.9 Å². The van der Waals surface area contributed by atoms with Gasteiger partial charge in [-0.15, -0.1) is 0 Å². The molecule has 3 aliphatic rings. The van der Waals surface area contributed by atoms with Crippen molar-refractivity contribution in [1.82, 2.24) is 19.4 Å². The monoisotopic (exact) mass is 593 g/mol. The number of nitrogens with one attached hydrogen (secondary N) is 2. The molecule has 0 radical (unpaired) electrons. The molecule has 2 saturated carbocycles. The lowest BCUT2D eigenvalue weighted by molar-refractivity contribution is -0.138. The molecule has 1 saturated heterocycles. The first-order chi connectivity index (χ1) is 20.6. The first kappa shape index (κ1) is 27.6. The quantitative estimate of drug-likeness (QED) is 0.203. The Morgan fingerprint density at radius 3 is 2.58 bits per heavy atom. The number of carbonyl (C=O) groups is 1. The van der Waals surface area contributed by atoms with Crippen LogP contribution < -0.4 is 16.4 Å². The van der Waals surface area contributed by atoms with Gasteiger partial charge in [0, 0.05) is 35.6 Å². The number of aromatic nitrogens is 3. The van der Waals surface area contributed by atoms with Gasteiger partial charge in [-0.05, 0) is 80.5 Å². The van der Waals surface area contributed by atoms with E-state index in [1.54, 1.807) is 6.07 Å². The summed E-state index contributed by atoms with van der Waals surface area (Å²) in [5, 5.41) is 5.46.